The van der Waals surface area contributed by atoms with Crippen LogP contribution in [0.25, 0.3) is 0 Å². The number of sulfonamides is 1. The molecule has 2 rings (SSSR count). The lowest BCUT2D eigenvalue weighted by atomic mass is 10.2. The Kier molecular flexibility index (Phi) is 5.11. The monoisotopic (exact) mass is 308 g/mol. The number of benzene rings is 1. The second kappa shape index (κ2) is 6.84. The van der Waals surface area contributed by atoms with Gasteiger partial charge in [-0.25, -0.2) is 13.4 Å². The van der Waals surface area contributed by atoms with Gasteiger partial charge >= 0.3 is 0 Å². The predicted octanol–water partition coefficient (Wildman–Crippen LogP) is 1.26. The van der Waals surface area contributed by atoms with Crippen molar-refractivity contribution in [1.29, 1.82) is 0 Å². The highest BCUT2D eigenvalue weighted by molar-refractivity contribution is 7.89. The number of hydrogen-bond acceptors (Lipinski definition) is 4. The minimum atomic E-state index is -3.59. The largest absolute Gasteiger partial charge is 0.332 e. The number of imidazole rings is 1. The summed E-state index contributed by atoms with van der Waals surface area (Å²) in [5, 5.41) is 0.118. The van der Waals surface area contributed by atoms with Crippen LogP contribution in [0.1, 0.15) is 17.8 Å². The van der Waals surface area contributed by atoms with Crippen molar-refractivity contribution in [1.82, 2.24) is 14.3 Å². The Balaban J connectivity index is 2.26. The topological polar surface area (TPSA) is 92.1 Å². The summed E-state index contributed by atoms with van der Waals surface area (Å²) in [5.41, 5.74) is 6.45. The van der Waals surface area contributed by atoms with Gasteiger partial charge in [-0.05, 0) is 25.5 Å². The van der Waals surface area contributed by atoms with Gasteiger partial charge in [-0.3, -0.25) is 0 Å². The smallest absolute Gasteiger partial charge is 0.260 e. The van der Waals surface area contributed by atoms with E-state index in [0.29, 0.717) is 31.9 Å². The Labute approximate surface area is 125 Å². The third-order valence-electron chi connectivity index (χ3n) is 3.11. The zero-order valence-corrected chi connectivity index (χ0v) is 12.8. The molecule has 6 nitrogen and oxygen atoms in total. The number of nitrogens with two attached hydrogens (primary N) is 1. The first kappa shape index (κ1) is 15.7. The van der Waals surface area contributed by atoms with Crippen molar-refractivity contribution in [3.05, 3.63) is 47.9 Å². The molecule has 0 amide bonds. The van der Waals surface area contributed by atoms with Gasteiger partial charge in [-0.1, -0.05) is 30.3 Å². The molecular weight excluding hydrogens is 288 g/mol. The Morgan fingerprint density at radius 3 is 2.57 bits per heavy atom. The fourth-order valence-electron chi connectivity index (χ4n) is 2.01. The minimum Gasteiger partial charge on any atom is -0.332 e. The van der Waals surface area contributed by atoms with Crippen molar-refractivity contribution in [2.24, 2.45) is 5.73 Å². The molecule has 114 valence electrons. The van der Waals surface area contributed by atoms with Crippen LogP contribution in [0.4, 0.5) is 0 Å². The molecule has 1 aromatic heterocycles. The van der Waals surface area contributed by atoms with Gasteiger partial charge < -0.3 is 10.7 Å². The number of aromatic amines is 1. The molecule has 0 saturated carbocycles. The normalized spacial score (nSPS) is 12.0. The number of nitrogens with zero attached hydrogens (tertiary/aromatic N) is 2. The van der Waals surface area contributed by atoms with Crippen molar-refractivity contribution in [3.63, 3.8) is 0 Å². The Morgan fingerprint density at radius 1 is 1.29 bits per heavy atom. The molecule has 1 aromatic carbocycles. The summed E-state index contributed by atoms with van der Waals surface area (Å²) < 4.78 is 26.8. The van der Waals surface area contributed by atoms with Crippen molar-refractivity contribution in [2.45, 2.75) is 24.9 Å². The zero-order chi connectivity index (χ0) is 15.3. The maximum absolute atomic E-state index is 12.7. The van der Waals surface area contributed by atoms with Crippen LogP contribution in [0, 0.1) is 6.92 Å². The quantitative estimate of drug-likeness (QED) is 0.805. The first-order chi connectivity index (χ1) is 10.0. The van der Waals surface area contributed by atoms with Crippen LogP contribution < -0.4 is 5.73 Å². The molecule has 0 aliphatic rings. The van der Waals surface area contributed by atoms with E-state index in [4.69, 9.17) is 5.73 Å². The molecule has 2 aromatic rings. The van der Waals surface area contributed by atoms with Crippen molar-refractivity contribution in [2.75, 3.05) is 13.1 Å². The SMILES string of the molecule is Cc1ncc(S(=O)(=O)N(CCCN)Cc2ccccc2)[nH]1. The third-order valence-corrected chi connectivity index (χ3v) is 4.87. The van der Waals surface area contributed by atoms with Crippen molar-refractivity contribution < 1.29 is 8.42 Å². The van der Waals surface area contributed by atoms with E-state index in [9.17, 15) is 8.42 Å². The fourth-order valence-corrected chi connectivity index (χ4v) is 3.44. The molecule has 0 aliphatic heterocycles. The van der Waals surface area contributed by atoms with E-state index in [0.717, 1.165) is 5.56 Å². The lowest BCUT2D eigenvalue weighted by molar-refractivity contribution is 0.400. The molecule has 0 aliphatic carbocycles. The lowest BCUT2D eigenvalue weighted by Gasteiger charge is -2.21. The molecule has 21 heavy (non-hydrogen) atoms. The first-order valence-corrected chi connectivity index (χ1v) is 8.24. The van der Waals surface area contributed by atoms with Gasteiger partial charge in [0.15, 0.2) is 5.03 Å². The molecule has 0 radical (unpaired) electrons. The molecule has 0 atom stereocenters. The average Bonchev–Trinajstić information content (AvgIpc) is 2.92. The van der Waals surface area contributed by atoms with Gasteiger partial charge in [-0.2, -0.15) is 4.31 Å². The van der Waals surface area contributed by atoms with Gasteiger partial charge in [0.2, 0.25) is 0 Å². The molecule has 0 unspecified atom stereocenters. The van der Waals surface area contributed by atoms with Crippen LogP contribution in [0.3, 0.4) is 0 Å². The number of H-pyrrole nitrogens is 1. The molecular formula is C14H20N4O2S. The van der Waals surface area contributed by atoms with E-state index in [1.807, 2.05) is 30.3 Å². The standard InChI is InChI=1S/C14H20N4O2S/c1-12-16-10-14(17-12)21(19,20)18(9-5-8-15)11-13-6-3-2-4-7-13/h2-4,6-7,10H,5,8-9,11,15H2,1H3,(H,16,17). The minimum absolute atomic E-state index is 0.118. The summed E-state index contributed by atoms with van der Waals surface area (Å²) in [6, 6.07) is 9.50. The predicted molar refractivity (Wildman–Crippen MR) is 81.0 cm³/mol. The number of hydrogen-bond donors (Lipinski definition) is 2. The summed E-state index contributed by atoms with van der Waals surface area (Å²) in [6.07, 6.45) is 1.96. The summed E-state index contributed by atoms with van der Waals surface area (Å²) in [4.78, 5) is 6.75. The fraction of sp³-hybridized carbons (Fsp3) is 0.357. The van der Waals surface area contributed by atoms with Crippen LogP contribution in [0.5, 0.6) is 0 Å². The molecule has 0 fully saturated rings. The van der Waals surface area contributed by atoms with E-state index >= 15 is 0 Å². The van der Waals surface area contributed by atoms with Crippen LogP contribution >= 0.6 is 0 Å². The summed E-state index contributed by atoms with van der Waals surface area (Å²) in [5.74, 6) is 0.576. The summed E-state index contributed by atoms with van der Waals surface area (Å²) in [6.45, 7) is 2.87. The number of aromatic nitrogens is 2. The van der Waals surface area contributed by atoms with Crippen LogP contribution in [-0.4, -0.2) is 35.8 Å². The van der Waals surface area contributed by atoms with Crippen LogP contribution in [0.15, 0.2) is 41.6 Å². The first-order valence-electron chi connectivity index (χ1n) is 6.80. The van der Waals surface area contributed by atoms with Crippen LogP contribution in [-0.2, 0) is 16.6 Å². The van der Waals surface area contributed by atoms with Gasteiger partial charge in [0.05, 0.1) is 6.20 Å². The number of rotatable bonds is 7. The summed E-state index contributed by atoms with van der Waals surface area (Å²) >= 11 is 0. The van der Waals surface area contributed by atoms with E-state index in [-0.39, 0.29) is 5.03 Å². The highest BCUT2D eigenvalue weighted by Gasteiger charge is 2.25. The molecule has 0 spiro atoms. The Bertz CT molecular complexity index is 667. The Hall–Kier alpha value is -1.70. The molecule has 7 heteroatoms. The Morgan fingerprint density at radius 2 is 2.00 bits per heavy atom. The van der Waals surface area contributed by atoms with Crippen molar-refractivity contribution in [3.8, 4) is 0 Å². The highest BCUT2D eigenvalue weighted by Crippen LogP contribution is 2.17. The second-order valence-corrected chi connectivity index (χ2v) is 6.71. The molecule has 3 N–H and O–H groups in total. The lowest BCUT2D eigenvalue weighted by Crippen LogP contribution is -2.32. The number of nitrogens with one attached hydrogen (secondary N) is 1. The zero-order valence-electron chi connectivity index (χ0n) is 12.0. The molecule has 1 heterocycles. The van der Waals surface area contributed by atoms with Gasteiger partial charge in [-0.15, -0.1) is 0 Å². The van der Waals surface area contributed by atoms with Crippen molar-refractivity contribution >= 4 is 10.0 Å². The number of aryl methyl sites for hydroxylation is 1. The van der Waals surface area contributed by atoms with Gasteiger partial charge in [0, 0.05) is 13.1 Å². The van der Waals surface area contributed by atoms with Gasteiger partial charge in [0.1, 0.15) is 5.82 Å². The van der Waals surface area contributed by atoms with E-state index in [2.05, 4.69) is 9.97 Å². The second-order valence-electron chi connectivity index (χ2n) is 4.80. The van der Waals surface area contributed by atoms with E-state index in [1.165, 1.54) is 10.5 Å². The highest BCUT2D eigenvalue weighted by atomic mass is 32.2. The molecule has 0 bridgehead atoms. The average molecular weight is 308 g/mol. The third kappa shape index (κ3) is 3.90. The van der Waals surface area contributed by atoms with Crippen LogP contribution in [0.2, 0.25) is 0 Å². The van der Waals surface area contributed by atoms with Gasteiger partial charge in [0.25, 0.3) is 10.0 Å². The summed E-state index contributed by atoms with van der Waals surface area (Å²) in [7, 11) is -3.59. The maximum Gasteiger partial charge on any atom is 0.260 e. The maximum atomic E-state index is 12.7. The van der Waals surface area contributed by atoms with E-state index < -0.39 is 10.0 Å². The molecule has 0 saturated heterocycles. The van der Waals surface area contributed by atoms with E-state index in [1.54, 1.807) is 6.92 Å².